The van der Waals surface area contributed by atoms with E-state index in [-0.39, 0.29) is 11.8 Å². The van der Waals surface area contributed by atoms with Crippen molar-refractivity contribution < 1.29 is 4.79 Å². The fourth-order valence-corrected chi connectivity index (χ4v) is 4.24. The van der Waals surface area contributed by atoms with Crippen LogP contribution in [-0.4, -0.2) is 43.7 Å². The van der Waals surface area contributed by atoms with Gasteiger partial charge < -0.3 is 9.80 Å². The summed E-state index contributed by atoms with van der Waals surface area (Å²) in [4.78, 5) is 30.6. The van der Waals surface area contributed by atoms with Crippen LogP contribution in [0.15, 0.2) is 85.7 Å². The molecule has 5 rings (SSSR count). The number of rotatable bonds is 6. The van der Waals surface area contributed by atoms with Gasteiger partial charge in [0.1, 0.15) is 24.8 Å². The van der Waals surface area contributed by atoms with E-state index in [9.17, 15) is 4.79 Å². The van der Waals surface area contributed by atoms with Gasteiger partial charge in [0.05, 0.1) is 12.5 Å². The van der Waals surface area contributed by atoms with Crippen molar-refractivity contribution in [3.05, 3.63) is 91.3 Å². The van der Waals surface area contributed by atoms with Crippen molar-refractivity contribution in [3.63, 3.8) is 0 Å². The molecular formula is C25H25N7O. The second kappa shape index (κ2) is 9.60. The van der Waals surface area contributed by atoms with Gasteiger partial charge in [0, 0.05) is 24.8 Å². The number of anilines is 2. The summed E-state index contributed by atoms with van der Waals surface area (Å²) in [6, 6.07) is 21.9. The zero-order valence-electron chi connectivity index (χ0n) is 18.2. The summed E-state index contributed by atoms with van der Waals surface area (Å²) in [5.41, 5.74) is 2.02. The molecule has 0 spiro atoms. The van der Waals surface area contributed by atoms with Crippen LogP contribution in [0.1, 0.15) is 18.4 Å². The lowest BCUT2D eigenvalue weighted by Crippen LogP contribution is -2.45. The van der Waals surface area contributed by atoms with Crippen molar-refractivity contribution in [2.45, 2.75) is 19.4 Å². The fourth-order valence-electron chi connectivity index (χ4n) is 4.24. The van der Waals surface area contributed by atoms with Crippen LogP contribution in [0.25, 0.3) is 5.82 Å². The summed E-state index contributed by atoms with van der Waals surface area (Å²) in [5.74, 6) is 1.47. The summed E-state index contributed by atoms with van der Waals surface area (Å²) < 4.78 is 1.61. The van der Waals surface area contributed by atoms with E-state index in [2.05, 4.69) is 37.1 Å². The van der Waals surface area contributed by atoms with E-state index in [4.69, 9.17) is 0 Å². The van der Waals surface area contributed by atoms with Crippen molar-refractivity contribution in [2.75, 3.05) is 22.9 Å². The predicted octanol–water partition coefficient (Wildman–Crippen LogP) is 3.51. The number of benzene rings is 2. The maximum atomic E-state index is 13.8. The topological polar surface area (TPSA) is 80.0 Å². The highest BCUT2D eigenvalue weighted by Gasteiger charge is 2.31. The summed E-state index contributed by atoms with van der Waals surface area (Å²) in [7, 11) is 0. The molecule has 1 saturated heterocycles. The first-order valence-electron chi connectivity index (χ1n) is 11.1. The first-order valence-corrected chi connectivity index (χ1v) is 11.1. The molecule has 1 aliphatic rings. The quantitative estimate of drug-likeness (QED) is 0.457. The summed E-state index contributed by atoms with van der Waals surface area (Å²) in [5, 5.41) is 4.15. The van der Waals surface area contributed by atoms with E-state index in [0.29, 0.717) is 18.9 Å². The average molecular weight is 440 g/mol. The Bertz CT molecular complexity index is 1180. The van der Waals surface area contributed by atoms with Crippen molar-refractivity contribution in [2.24, 2.45) is 5.92 Å². The Hall–Kier alpha value is -4.07. The van der Waals surface area contributed by atoms with Gasteiger partial charge in [-0.25, -0.2) is 19.6 Å². The number of nitrogens with zero attached hydrogens (tertiary/aromatic N) is 7. The van der Waals surface area contributed by atoms with Crippen LogP contribution < -0.4 is 9.80 Å². The highest BCUT2D eigenvalue weighted by molar-refractivity contribution is 5.95. The third-order valence-electron chi connectivity index (χ3n) is 5.90. The van der Waals surface area contributed by atoms with Crippen LogP contribution in [0.2, 0.25) is 0 Å². The van der Waals surface area contributed by atoms with Gasteiger partial charge in [-0.2, -0.15) is 5.10 Å². The van der Waals surface area contributed by atoms with E-state index < -0.39 is 0 Å². The number of para-hydroxylation sites is 1. The molecule has 0 N–H and O–H groups in total. The fraction of sp³-hybridized carbons (Fsp3) is 0.240. The number of amides is 1. The van der Waals surface area contributed by atoms with E-state index in [0.717, 1.165) is 36.5 Å². The minimum Gasteiger partial charge on any atom is -0.356 e. The molecule has 166 valence electrons. The Kier molecular flexibility index (Phi) is 6.06. The predicted molar refractivity (Wildman–Crippen MR) is 126 cm³/mol. The van der Waals surface area contributed by atoms with Gasteiger partial charge in [-0.05, 0) is 30.5 Å². The second-order valence-corrected chi connectivity index (χ2v) is 8.11. The lowest BCUT2D eigenvalue weighted by atomic mass is 9.95. The van der Waals surface area contributed by atoms with E-state index >= 15 is 0 Å². The monoisotopic (exact) mass is 439 g/mol. The molecule has 33 heavy (non-hydrogen) atoms. The highest BCUT2D eigenvalue weighted by atomic mass is 16.2. The van der Waals surface area contributed by atoms with Gasteiger partial charge >= 0.3 is 0 Å². The molecule has 2 aromatic carbocycles. The largest absolute Gasteiger partial charge is 0.356 e. The van der Waals surface area contributed by atoms with Crippen LogP contribution >= 0.6 is 0 Å². The zero-order valence-corrected chi connectivity index (χ0v) is 18.2. The molecule has 8 nitrogen and oxygen atoms in total. The Morgan fingerprint density at radius 1 is 0.970 bits per heavy atom. The van der Waals surface area contributed by atoms with Crippen LogP contribution in [0.3, 0.4) is 0 Å². The molecule has 1 fully saturated rings. The first-order chi connectivity index (χ1) is 16.3. The molecule has 4 aromatic rings. The summed E-state index contributed by atoms with van der Waals surface area (Å²) in [6.45, 7) is 2.01. The molecule has 0 radical (unpaired) electrons. The minimum absolute atomic E-state index is 0.118. The summed E-state index contributed by atoms with van der Waals surface area (Å²) in [6.07, 6.45) is 6.39. The van der Waals surface area contributed by atoms with Gasteiger partial charge in [0.25, 0.3) is 0 Å². The Morgan fingerprint density at radius 3 is 2.48 bits per heavy atom. The molecule has 1 amide bonds. The molecule has 1 aliphatic heterocycles. The van der Waals surface area contributed by atoms with Gasteiger partial charge in [0.2, 0.25) is 5.91 Å². The molecule has 0 bridgehead atoms. The van der Waals surface area contributed by atoms with Gasteiger partial charge in [-0.1, -0.05) is 48.5 Å². The van der Waals surface area contributed by atoms with Crippen LogP contribution in [-0.2, 0) is 11.3 Å². The molecule has 0 aliphatic carbocycles. The number of aromatic nitrogens is 5. The number of carbonyl (C=O) groups is 1. The normalized spacial score (nSPS) is 15.9. The molecular weight excluding hydrogens is 414 g/mol. The van der Waals surface area contributed by atoms with Crippen LogP contribution in [0.4, 0.5) is 11.5 Å². The molecule has 2 aromatic heterocycles. The lowest BCUT2D eigenvalue weighted by Gasteiger charge is -2.35. The van der Waals surface area contributed by atoms with Gasteiger partial charge in [-0.15, -0.1) is 0 Å². The third-order valence-corrected chi connectivity index (χ3v) is 5.90. The Morgan fingerprint density at radius 2 is 1.73 bits per heavy atom. The zero-order chi connectivity index (χ0) is 22.5. The molecule has 8 heteroatoms. The molecule has 1 unspecified atom stereocenters. The maximum Gasteiger partial charge on any atom is 0.232 e. The van der Waals surface area contributed by atoms with Crippen molar-refractivity contribution >= 4 is 17.4 Å². The third kappa shape index (κ3) is 4.74. The van der Waals surface area contributed by atoms with Gasteiger partial charge in [0.15, 0.2) is 5.82 Å². The van der Waals surface area contributed by atoms with E-state index in [1.807, 2.05) is 59.5 Å². The van der Waals surface area contributed by atoms with Crippen molar-refractivity contribution in [3.8, 4) is 5.82 Å². The standard InChI is InChI=1S/C25H25N7O/c33-25(31(22-11-5-2-6-12-22)15-20-8-3-1-4-9-20)21-10-7-13-30(16-21)23-14-24(28-18-27-23)32-19-26-17-29-32/h1-6,8-9,11-12,14,17-19,21H,7,10,13,15-16H2. The Labute approximate surface area is 192 Å². The number of hydrogen-bond donors (Lipinski definition) is 0. The number of carbonyl (C=O) groups excluding carboxylic acids is 1. The molecule has 3 heterocycles. The summed E-state index contributed by atoms with van der Waals surface area (Å²) >= 11 is 0. The second-order valence-electron chi connectivity index (χ2n) is 8.11. The first kappa shape index (κ1) is 20.8. The Balaban J connectivity index is 1.37. The van der Waals surface area contributed by atoms with E-state index in [1.54, 1.807) is 11.0 Å². The highest BCUT2D eigenvalue weighted by Crippen LogP contribution is 2.27. The number of piperidine rings is 1. The lowest BCUT2D eigenvalue weighted by molar-refractivity contribution is -0.122. The molecule has 0 saturated carbocycles. The van der Waals surface area contributed by atoms with Crippen LogP contribution in [0, 0.1) is 5.92 Å². The maximum absolute atomic E-state index is 13.8. The molecule has 1 atom stereocenters. The number of hydrogen-bond acceptors (Lipinski definition) is 6. The van der Waals surface area contributed by atoms with E-state index in [1.165, 1.54) is 12.7 Å². The van der Waals surface area contributed by atoms with Gasteiger partial charge in [-0.3, -0.25) is 4.79 Å². The van der Waals surface area contributed by atoms with Crippen LogP contribution in [0.5, 0.6) is 0 Å². The van der Waals surface area contributed by atoms with Crippen molar-refractivity contribution in [1.82, 2.24) is 24.7 Å². The average Bonchev–Trinajstić information content (AvgIpc) is 3.44. The van der Waals surface area contributed by atoms with Crippen molar-refractivity contribution in [1.29, 1.82) is 0 Å². The minimum atomic E-state index is -0.118. The SMILES string of the molecule is O=C(C1CCCN(c2cc(-n3cncn3)ncn2)C1)N(Cc1ccccc1)c1ccccc1. The smallest absolute Gasteiger partial charge is 0.232 e.